The van der Waals surface area contributed by atoms with Gasteiger partial charge in [-0.25, -0.2) is 0 Å². The van der Waals surface area contributed by atoms with Crippen molar-refractivity contribution < 1.29 is 29.0 Å². The van der Waals surface area contributed by atoms with Crippen LogP contribution in [0.15, 0.2) is 40.6 Å². The predicted molar refractivity (Wildman–Crippen MR) is 108 cm³/mol. The van der Waals surface area contributed by atoms with Gasteiger partial charge in [-0.05, 0) is 18.6 Å². The van der Waals surface area contributed by atoms with E-state index in [0.29, 0.717) is 28.3 Å². The Balaban J connectivity index is 1.64. The van der Waals surface area contributed by atoms with E-state index in [0.717, 1.165) is 0 Å². The van der Waals surface area contributed by atoms with Gasteiger partial charge in [0.15, 0.2) is 11.5 Å². The number of benzene rings is 2. The lowest BCUT2D eigenvalue weighted by atomic mass is 10.0. The first-order valence-corrected chi connectivity index (χ1v) is 9.56. The van der Waals surface area contributed by atoms with Crippen LogP contribution in [0.25, 0.3) is 0 Å². The lowest BCUT2D eigenvalue weighted by molar-refractivity contribution is -0.136. The molecule has 0 saturated carbocycles. The van der Waals surface area contributed by atoms with Crippen LogP contribution in [0, 0.1) is 0 Å². The normalized spacial score (nSPS) is 18.3. The standard InChI is InChI=1S/C21H20N4O6/c1-30-17-9-16(26)18(31-2)8-14(17)24-23-13-5-3-4-11-12(13)10-25(21(11)29)15-6-7-19(27)22-20(15)28/h3-5,8-9,15,26H,6-7,10H2,1-2H3,(H,22,27,28). The minimum absolute atomic E-state index is 0.0932. The molecule has 10 nitrogen and oxygen atoms in total. The molecule has 0 aliphatic carbocycles. The summed E-state index contributed by atoms with van der Waals surface area (Å²) >= 11 is 0. The summed E-state index contributed by atoms with van der Waals surface area (Å²) in [6.45, 7) is 0.186. The van der Waals surface area contributed by atoms with Crippen molar-refractivity contribution >= 4 is 29.1 Å². The molecule has 0 spiro atoms. The number of nitrogens with one attached hydrogen (secondary N) is 1. The highest BCUT2D eigenvalue weighted by molar-refractivity contribution is 6.06. The van der Waals surface area contributed by atoms with Crippen LogP contribution in [0.3, 0.4) is 0 Å². The quantitative estimate of drug-likeness (QED) is 0.560. The van der Waals surface area contributed by atoms with Crippen molar-refractivity contribution in [3.63, 3.8) is 0 Å². The largest absolute Gasteiger partial charge is 0.504 e. The zero-order chi connectivity index (χ0) is 22.1. The number of aromatic hydroxyl groups is 1. The van der Waals surface area contributed by atoms with Crippen molar-refractivity contribution in [3.05, 3.63) is 41.5 Å². The second-order valence-electron chi connectivity index (χ2n) is 7.10. The van der Waals surface area contributed by atoms with Gasteiger partial charge in [-0.2, -0.15) is 5.11 Å². The molecule has 10 heteroatoms. The summed E-state index contributed by atoms with van der Waals surface area (Å²) in [4.78, 5) is 38.0. The van der Waals surface area contributed by atoms with E-state index in [1.54, 1.807) is 18.2 Å². The lowest BCUT2D eigenvalue weighted by Crippen LogP contribution is -2.52. The van der Waals surface area contributed by atoms with Crippen molar-refractivity contribution in [2.45, 2.75) is 25.4 Å². The Morgan fingerprint density at radius 2 is 1.81 bits per heavy atom. The minimum Gasteiger partial charge on any atom is -0.504 e. The number of amides is 3. The minimum atomic E-state index is -0.705. The number of piperidine rings is 1. The molecule has 1 fully saturated rings. The molecule has 0 aromatic heterocycles. The summed E-state index contributed by atoms with van der Waals surface area (Å²) in [5, 5.41) is 20.7. The third-order valence-corrected chi connectivity index (χ3v) is 5.30. The third kappa shape index (κ3) is 3.67. The summed E-state index contributed by atoms with van der Waals surface area (Å²) in [7, 11) is 2.86. The van der Waals surface area contributed by atoms with Gasteiger partial charge in [0, 0.05) is 36.2 Å². The van der Waals surface area contributed by atoms with Crippen LogP contribution in [-0.2, 0) is 16.1 Å². The van der Waals surface area contributed by atoms with Crippen molar-refractivity contribution in [3.8, 4) is 17.2 Å². The Labute approximate surface area is 177 Å². The molecule has 2 aromatic rings. The highest BCUT2D eigenvalue weighted by Crippen LogP contribution is 2.40. The molecular formula is C21H20N4O6. The molecule has 1 unspecified atom stereocenters. The number of carbonyl (C=O) groups is 3. The molecule has 0 radical (unpaired) electrons. The summed E-state index contributed by atoms with van der Waals surface area (Å²) in [6.07, 6.45) is 0.470. The molecule has 31 heavy (non-hydrogen) atoms. The van der Waals surface area contributed by atoms with Gasteiger partial charge in [0.1, 0.15) is 17.5 Å². The summed E-state index contributed by atoms with van der Waals surface area (Å²) in [5.74, 6) is -0.669. The predicted octanol–water partition coefficient (Wildman–Crippen LogP) is 2.59. The first kappa shape index (κ1) is 20.3. The number of carbonyl (C=O) groups excluding carboxylic acids is 3. The lowest BCUT2D eigenvalue weighted by Gasteiger charge is -2.29. The number of rotatable bonds is 5. The number of ether oxygens (including phenoxy) is 2. The van der Waals surface area contributed by atoms with E-state index >= 15 is 0 Å². The number of hydrogen-bond acceptors (Lipinski definition) is 8. The zero-order valence-corrected chi connectivity index (χ0v) is 16.9. The summed E-state index contributed by atoms with van der Waals surface area (Å²) in [6, 6.07) is 7.23. The summed E-state index contributed by atoms with van der Waals surface area (Å²) < 4.78 is 10.3. The summed E-state index contributed by atoms with van der Waals surface area (Å²) in [5.41, 5.74) is 1.89. The maximum atomic E-state index is 12.9. The van der Waals surface area contributed by atoms with Gasteiger partial charge < -0.3 is 19.5 Å². The number of imide groups is 1. The molecular weight excluding hydrogens is 404 g/mol. The topological polar surface area (TPSA) is 130 Å². The molecule has 2 aliphatic rings. The van der Waals surface area contributed by atoms with Crippen LogP contribution in [0.4, 0.5) is 11.4 Å². The Morgan fingerprint density at radius 1 is 1.06 bits per heavy atom. The van der Waals surface area contributed by atoms with E-state index in [4.69, 9.17) is 9.47 Å². The van der Waals surface area contributed by atoms with Gasteiger partial charge in [-0.1, -0.05) is 6.07 Å². The smallest absolute Gasteiger partial charge is 0.255 e. The number of phenolic OH excluding ortho intramolecular Hbond substituents is 1. The van der Waals surface area contributed by atoms with Crippen molar-refractivity contribution in [2.24, 2.45) is 10.2 Å². The molecule has 2 aliphatic heterocycles. The Kier molecular flexibility index (Phi) is 5.28. The molecule has 3 amide bonds. The van der Waals surface area contributed by atoms with Crippen LogP contribution in [0.1, 0.15) is 28.8 Å². The van der Waals surface area contributed by atoms with Crippen LogP contribution >= 0.6 is 0 Å². The van der Waals surface area contributed by atoms with Gasteiger partial charge in [-0.15, -0.1) is 5.11 Å². The second kappa shape index (κ2) is 8.05. The SMILES string of the molecule is COc1cc(N=Nc2cccc3c2CN(C2CCC(=O)NC2=O)C3=O)c(OC)cc1O. The van der Waals surface area contributed by atoms with Crippen LogP contribution in [-0.4, -0.2) is 48.0 Å². The highest BCUT2D eigenvalue weighted by atomic mass is 16.5. The number of phenols is 1. The fourth-order valence-corrected chi connectivity index (χ4v) is 3.71. The van der Waals surface area contributed by atoms with E-state index in [1.165, 1.54) is 31.3 Å². The number of fused-ring (bicyclic) bond motifs is 1. The highest BCUT2D eigenvalue weighted by Gasteiger charge is 2.39. The van der Waals surface area contributed by atoms with Crippen LogP contribution < -0.4 is 14.8 Å². The number of methoxy groups -OCH3 is 2. The van der Waals surface area contributed by atoms with E-state index < -0.39 is 11.9 Å². The maximum absolute atomic E-state index is 12.9. The van der Waals surface area contributed by atoms with Crippen LogP contribution in [0.5, 0.6) is 17.2 Å². The number of nitrogens with zero attached hydrogens (tertiary/aromatic N) is 3. The molecule has 4 rings (SSSR count). The monoisotopic (exact) mass is 424 g/mol. The van der Waals surface area contributed by atoms with Crippen molar-refractivity contribution in [1.82, 2.24) is 10.2 Å². The van der Waals surface area contributed by atoms with Gasteiger partial charge in [0.05, 0.1) is 19.9 Å². The van der Waals surface area contributed by atoms with E-state index in [-0.39, 0.29) is 42.7 Å². The maximum Gasteiger partial charge on any atom is 0.255 e. The fraction of sp³-hybridized carbons (Fsp3) is 0.286. The molecule has 160 valence electrons. The average Bonchev–Trinajstić information content (AvgIpc) is 3.09. The number of hydrogen-bond donors (Lipinski definition) is 2. The van der Waals surface area contributed by atoms with Crippen LogP contribution in [0.2, 0.25) is 0 Å². The van der Waals surface area contributed by atoms with E-state index in [2.05, 4.69) is 15.5 Å². The molecule has 2 aromatic carbocycles. The first-order valence-electron chi connectivity index (χ1n) is 9.56. The molecule has 0 bridgehead atoms. The Bertz CT molecular complexity index is 1110. The zero-order valence-electron chi connectivity index (χ0n) is 16.9. The Hall–Kier alpha value is -3.95. The molecule has 1 saturated heterocycles. The average molecular weight is 424 g/mol. The second-order valence-corrected chi connectivity index (χ2v) is 7.10. The van der Waals surface area contributed by atoms with Gasteiger partial charge >= 0.3 is 0 Å². The number of azo groups is 1. The van der Waals surface area contributed by atoms with Crippen molar-refractivity contribution in [2.75, 3.05) is 14.2 Å². The Morgan fingerprint density at radius 3 is 2.52 bits per heavy atom. The van der Waals surface area contributed by atoms with Gasteiger partial charge in [0.25, 0.3) is 5.91 Å². The van der Waals surface area contributed by atoms with E-state index in [1.807, 2.05) is 0 Å². The molecule has 1 atom stereocenters. The molecule has 2 N–H and O–H groups in total. The van der Waals surface area contributed by atoms with Crippen molar-refractivity contribution in [1.29, 1.82) is 0 Å². The van der Waals surface area contributed by atoms with Gasteiger partial charge in [-0.3, -0.25) is 19.7 Å². The third-order valence-electron chi connectivity index (χ3n) is 5.30. The first-order chi connectivity index (χ1) is 14.9. The van der Waals surface area contributed by atoms with Gasteiger partial charge in [0.2, 0.25) is 11.8 Å². The molecule has 2 heterocycles. The van der Waals surface area contributed by atoms with E-state index in [9.17, 15) is 19.5 Å². The fourth-order valence-electron chi connectivity index (χ4n) is 3.71.